The summed E-state index contributed by atoms with van der Waals surface area (Å²) in [6.07, 6.45) is 4.91. The summed E-state index contributed by atoms with van der Waals surface area (Å²) < 4.78 is 40.4. The van der Waals surface area contributed by atoms with Crippen LogP contribution >= 0.6 is 0 Å². The molecule has 1 fully saturated rings. The Morgan fingerprint density at radius 3 is 2.57 bits per heavy atom. The van der Waals surface area contributed by atoms with Gasteiger partial charge in [0.05, 0.1) is 20.5 Å². The predicted molar refractivity (Wildman–Crippen MR) is 104 cm³/mol. The number of imidazole rings is 1. The van der Waals surface area contributed by atoms with Gasteiger partial charge in [-0.2, -0.15) is 4.31 Å². The maximum Gasteiger partial charge on any atom is 0.246 e. The summed E-state index contributed by atoms with van der Waals surface area (Å²) in [7, 11) is -0.715. The fourth-order valence-corrected chi connectivity index (χ4v) is 5.26. The van der Waals surface area contributed by atoms with Crippen LogP contribution in [-0.2, 0) is 10.0 Å². The average molecular weight is 402 g/mol. The number of pyridine rings is 1. The van der Waals surface area contributed by atoms with Gasteiger partial charge >= 0.3 is 0 Å². The first-order chi connectivity index (χ1) is 13.5. The minimum atomic E-state index is -3.68. The first kappa shape index (κ1) is 18.7. The zero-order chi connectivity index (χ0) is 19.7. The van der Waals surface area contributed by atoms with Crippen molar-refractivity contribution in [3.63, 3.8) is 0 Å². The number of nitrogens with zero attached hydrogens (tertiary/aromatic N) is 4. The molecule has 0 unspecified atom stereocenters. The van der Waals surface area contributed by atoms with Crippen molar-refractivity contribution in [1.29, 1.82) is 0 Å². The average Bonchev–Trinajstić information content (AvgIpc) is 3.17. The number of ether oxygens (including phenoxy) is 2. The molecule has 0 saturated carbocycles. The van der Waals surface area contributed by atoms with Crippen LogP contribution < -0.4 is 9.47 Å². The van der Waals surface area contributed by atoms with Crippen LogP contribution in [0.15, 0.2) is 47.8 Å². The van der Waals surface area contributed by atoms with E-state index >= 15 is 0 Å². The topological polar surface area (TPSA) is 86.5 Å². The lowest BCUT2D eigenvalue weighted by Gasteiger charge is -2.32. The first-order valence-corrected chi connectivity index (χ1v) is 10.5. The molecule has 28 heavy (non-hydrogen) atoms. The summed E-state index contributed by atoms with van der Waals surface area (Å²) in [5, 5.41) is 0. The summed E-state index contributed by atoms with van der Waals surface area (Å²) >= 11 is 0. The maximum atomic E-state index is 13.2. The molecule has 1 aliphatic rings. The van der Waals surface area contributed by atoms with Crippen LogP contribution in [0.3, 0.4) is 0 Å². The standard InChI is InChI=1S/C19H22N4O4S/c1-26-15-5-6-17(27-2)18(12-15)28(24,25)22-10-7-14(8-11-22)23-13-21-16-4-3-9-20-19(16)23/h3-6,9,12-14H,7-8,10-11H2,1-2H3. The lowest BCUT2D eigenvalue weighted by atomic mass is 10.1. The molecule has 4 rings (SSSR count). The van der Waals surface area contributed by atoms with E-state index in [1.54, 1.807) is 24.7 Å². The fraction of sp³-hybridized carbons (Fsp3) is 0.368. The van der Waals surface area contributed by atoms with E-state index < -0.39 is 10.0 Å². The van der Waals surface area contributed by atoms with Gasteiger partial charge in [0.15, 0.2) is 5.65 Å². The summed E-state index contributed by atoms with van der Waals surface area (Å²) in [5.41, 5.74) is 1.68. The van der Waals surface area contributed by atoms with Crippen LogP contribution in [0.1, 0.15) is 18.9 Å². The Hall–Kier alpha value is -2.65. The number of benzene rings is 1. The molecule has 0 atom stereocenters. The summed E-state index contributed by atoms with van der Waals surface area (Å²) in [4.78, 5) is 8.93. The SMILES string of the molecule is COc1ccc(OC)c(S(=O)(=O)N2CCC(n3cnc4cccnc43)CC2)c1. The van der Waals surface area contributed by atoms with Gasteiger partial charge in [0.2, 0.25) is 10.0 Å². The third-order valence-electron chi connectivity index (χ3n) is 5.14. The van der Waals surface area contributed by atoms with Crippen LogP contribution in [0.5, 0.6) is 11.5 Å². The molecular formula is C19H22N4O4S. The second-order valence-corrected chi connectivity index (χ2v) is 8.56. The molecule has 3 aromatic rings. The van der Waals surface area contributed by atoms with E-state index in [9.17, 15) is 8.42 Å². The molecule has 1 saturated heterocycles. The number of hydrogen-bond acceptors (Lipinski definition) is 6. The zero-order valence-electron chi connectivity index (χ0n) is 15.8. The van der Waals surface area contributed by atoms with Crippen LogP contribution in [0, 0.1) is 0 Å². The van der Waals surface area contributed by atoms with E-state index in [1.165, 1.54) is 24.6 Å². The van der Waals surface area contributed by atoms with Gasteiger partial charge in [0.25, 0.3) is 0 Å². The quantitative estimate of drug-likeness (QED) is 0.652. The van der Waals surface area contributed by atoms with Crippen molar-refractivity contribution >= 4 is 21.2 Å². The Labute approximate surface area is 163 Å². The van der Waals surface area contributed by atoms with Crippen molar-refractivity contribution in [1.82, 2.24) is 18.8 Å². The van der Waals surface area contributed by atoms with Crippen molar-refractivity contribution < 1.29 is 17.9 Å². The number of sulfonamides is 1. The summed E-state index contributed by atoms with van der Waals surface area (Å²) in [6.45, 7) is 0.833. The molecular weight excluding hydrogens is 380 g/mol. The molecule has 0 bridgehead atoms. The minimum absolute atomic E-state index is 0.127. The molecule has 0 radical (unpaired) electrons. The largest absolute Gasteiger partial charge is 0.497 e. The van der Waals surface area contributed by atoms with Crippen LogP contribution in [0.4, 0.5) is 0 Å². The molecule has 148 valence electrons. The van der Waals surface area contributed by atoms with Gasteiger partial charge in [-0.05, 0) is 37.1 Å². The highest BCUT2D eigenvalue weighted by Crippen LogP contribution is 2.34. The molecule has 3 heterocycles. The lowest BCUT2D eigenvalue weighted by Crippen LogP contribution is -2.39. The van der Waals surface area contributed by atoms with Gasteiger partial charge in [-0.3, -0.25) is 0 Å². The predicted octanol–water partition coefficient (Wildman–Crippen LogP) is 2.47. The number of rotatable bonds is 5. The number of hydrogen-bond donors (Lipinski definition) is 0. The summed E-state index contributed by atoms with van der Waals surface area (Å²) in [6, 6.07) is 8.75. The highest BCUT2D eigenvalue weighted by atomic mass is 32.2. The third kappa shape index (κ3) is 3.20. The minimum Gasteiger partial charge on any atom is -0.497 e. The van der Waals surface area contributed by atoms with Crippen molar-refractivity contribution in [2.24, 2.45) is 0 Å². The molecule has 9 heteroatoms. The smallest absolute Gasteiger partial charge is 0.246 e. The zero-order valence-corrected chi connectivity index (χ0v) is 16.6. The number of piperidine rings is 1. The van der Waals surface area contributed by atoms with E-state index in [4.69, 9.17) is 9.47 Å². The summed E-state index contributed by atoms with van der Waals surface area (Å²) in [5.74, 6) is 0.790. The third-order valence-corrected chi connectivity index (χ3v) is 7.06. The Bertz CT molecular complexity index is 1090. The number of fused-ring (bicyclic) bond motifs is 1. The van der Waals surface area contributed by atoms with Crippen LogP contribution in [0.25, 0.3) is 11.2 Å². The van der Waals surface area contributed by atoms with Gasteiger partial charge in [0.1, 0.15) is 21.9 Å². The van der Waals surface area contributed by atoms with Crippen molar-refractivity contribution in [2.75, 3.05) is 27.3 Å². The Balaban J connectivity index is 1.56. The second kappa shape index (κ2) is 7.40. The molecule has 0 amide bonds. The number of aromatic nitrogens is 3. The van der Waals surface area contributed by atoms with E-state index in [1.807, 2.05) is 16.7 Å². The molecule has 1 aromatic carbocycles. The van der Waals surface area contributed by atoms with Gasteiger partial charge in [0, 0.05) is 31.4 Å². The van der Waals surface area contributed by atoms with Gasteiger partial charge in [-0.15, -0.1) is 0 Å². The Morgan fingerprint density at radius 1 is 1.07 bits per heavy atom. The lowest BCUT2D eigenvalue weighted by molar-refractivity contribution is 0.275. The van der Waals surface area contributed by atoms with Gasteiger partial charge in [-0.25, -0.2) is 18.4 Å². The van der Waals surface area contributed by atoms with E-state index in [-0.39, 0.29) is 10.9 Å². The molecule has 1 aliphatic heterocycles. The highest BCUT2D eigenvalue weighted by molar-refractivity contribution is 7.89. The molecule has 8 nitrogen and oxygen atoms in total. The van der Waals surface area contributed by atoms with E-state index in [0.717, 1.165) is 11.2 Å². The maximum absolute atomic E-state index is 13.2. The van der Waals surface area contributed by atoms with Crippen LogP contribution in [-0.4, -0.2) is 54.6 Å². The Morgan fingerprint density at radius 2 is 1.86 bits per heavy atom. The molecule has 0 N–H and O–H groups in total. The number of methoxy groups -OCH3 is 2. The normalized spacial score (nSPS) is 16.4. The first-order valence-electron chi connectivity index (χ1n) is 9.04. The van der Waals surface area contributed by atoms with E-state index in [0.29, 0.717) is 37.4 Å². The van der Waals surface area contributed by atoms with Crippen molar-refractivity contribution in [3.8, 4) is 11.5 Å². The van der Waals surface area contributed by atoms with Crippen molar-refractivity contribution in [3.05, 3.63) is 42.9 Å². The van der Waals surface area contributed by atoms with Gasteiger partial charge in [-0.1, -0.05) is 0 Å². The van der Waals surface area contributed by atoms with Crippen molar-refractivity contribution in [2.45, 2.75) is 23.8 Å². The second-order valence-electron chi connectivity index (χ2n) is 6.65. The molecule has 0 aliphatic carbocycles. The van der Waals surface area contributed by atoms with Gasteiger partial charge < -0.3 is 14.0 Å². The fourth-order valence-electron chi connectivity index (χ4n) is 3.62. The van der Waals surface area contributed by atoms with Crippen LogP contribution in [0.2, 0.25) is 0 Å². The van der Waals surface area contributed by atoms with E-state index in [2.05, 4.69) is 9.97 Å². The molecule has 0 spiro atoms. The molecule has 2 aromatic heterocycles. The Kier molecular flexibility index (Phi) is 4.94. The highest BCUT2D eigenvalue weighted by Gasteiger charge is 2.32. The monoisotopic (exact) mass is 402 g/mol.